The molecule has 0 aliphatic carbocycles. The molecule has 0 radical (unpaired) electrons. The molecule has 1 heterocycles. The molecule has 2 aromatic rings. The average Bonchev–Trinajstić information content (AvgIpc) is 3.15. The molecule has 2 aromatic carbocycles. The second kappa shape index (κ2) is 8.48. The molecule has 1 aliphatic heterocycles. The van der Waals surface area contributed by atoms with Gasteiger partial charge in [0, 0.05) is 11.4 Å². The number of hydrogen-bond donors (Lipinski definition) is 1. The van der Waals surface area contributed by atoms with Crippen LogP contribution in [0, 0.1) is 13.8 Å². The molecule has 1 unspecified atom stereocenters. The molecular formula is C21H24N2O3S. The lowest BCUT2D eigenvalue weighted by atomic mass is 10.1. The SMILES string of the molecule is COc1ccc(CC(=O)N2CSCC2C(=O)Nc2ccc(C)c(C)c2)cc1. The molecule has 3 rings (SSSR count). The highest BCUT2D eigenvalue weighted by Gasteiger charge is 2.34. The number of benzene rings is 2. The quantitative estimate of drug-likeness (QED) is 0.858. The number of aryl methyl sites for hydroxylation is 2. The van der Waals surface area contributed by atoms with E-state index in [2.05, 4.69) is 5.32 Å². The van der Waals surface area contributed by atoms with E-state index in [1.54, 1.807) is 23.8 Å². The maximum atomic E-state index is 12.7. The molecule has 0 aromatic heterocycles. The van der Waals surface area contributed by atoms with Crippen LogP contribution in [0.25, 0.3) is 0 Å². The molecule has 1 fully saturated rings. The van der Waals surface area contributed by atoms with Crippen LogP contribution in [0.2, 0.25) is 0 Å². The summed E-state index contributed by atoms with van der Waals surface area (Å²) in [5.74, 6) is 1.75. The fourth-order valence-corrected chi connectivity index (χ4v) is 4.15. The van der Waals surface area contributed by atoms with E-state index in [1.807, 2.05) is 56.3 Å². The van der Waals surface area contributed by atoms with Crippen LogP contribution < -0.4 is 10.1 Å². The zero-order chi connectivity index (χ0) is 19.4. The van der Waals surface area contributed by atoms with Gasteiger partial charge in [-0.15, -0.1) is 11.8 Å². The van der Waals surface area contributed by atoms with Crippen LogP contribution in [0.3, 0.4) is 0 Å². The van der Waals surface area contributed by atoms with Gasteiger partial charge >= 0.3 is 0 Å². The van der Waals surface area contributed by atoms with Gasteiger partial charge in [-0.2, -0.15) is 0 Å². The van der Waals surface area contributed by atoms with Gasteiger partial charge in [-0.3, -0.25) is 9.59 Å². The Balaban J connectivity index is 1.65. The van der Waals surface area contributed by atoms with E-state index in [-0.39, 0.29) is 18.2 Å². The number of anilines is 1. The molecule has 5 nitrogen and oxygen atoms in total. The highest BCUT2D eigenvalue weighted by molar-refractivity contribution is 7.99. The average molecular weight is 385 g/mol. The molecule has 1 aliphatic rings. The van der Waals surface area contributed by atoms with E-state index in [0.29, 0.717) is 11.6 Å². The molecule has 6 heteroatoms. The smallest absolute Gasteiger partial charge is 0.248 e. The van der Waals surface area contributed by atoms with Gasteiger partial charge in [-0.1, -0.05) is 18.2 Å². The second-order valence-electron chi connectivity index (χ2n) is 6.69. The maximum absolute atomic E-state index is 12.7. The largest absolute Gasteiger partial charge is 0.497 e. The van der Waals surface area contributed by atoms with Gasteiger partial charge in [0.15, 0.2) is 0 Å². The minimum Gasteiger partial charge on any atom is -0.497 e. The number of thioether (sulfide) groups is 1. The Bertz CT molecular complexity index is 836. The van der Waals surface area contributed by atoms with Crippen LogP contribution in [0.1, 0.15) is 16.7 Å². The number of amides is 2. The van der Waals surface area contributed by atoms with Crippen molar-refractivity contribution >= 4 is 29.3 Å². The molecule has 0 spiro atoms. The summed E-state index contributed by atoms with van der Waals surface area (Å²) in [4.78, 5) is 27.1. The topological polar surface area (TPSA) is 58.6 Å². The lowest BCUT2D eigenvalue weighted by Gasteiger charge is -2.23. The van der Waals surface area contributed by atoms with E-state index < -0.39 is 6.04 Å². The van der Waals surface area contributed by atoms with Crippen molar-refractivity contribution in [3.05, 3.63) is 59.2 Å². The van der Waals surface area contributed by atoms with Crippen molar-refractivity contribution < 1.29 is 14.3 Å². The van der Waals surface area contributed by atoms with E-state index in [4.69, 9.17) is 4.74 Å². The predicted octanol–water partition coefficient (Wildman–Crippen LogP) is 3.39. The van der Waals surface area contributed by atoms with Gasteiger partial charge in [0.25, 0.3) is 0 Å². The summed E-state index contributed by atoms with van der Waals surface area (Å²) in [5.41, 5.74) is 3.98. The summed E-state index contributed by atoms with van der Waals surface area (Å²) in [7, 11) is 1.61. The highest BCUT2D eigenvalue weighted by atomic mass is 32.2. The molecule has 1 atom stereocenters. The minimum absolute atomic E-state index is 0.0367. The van der Waals surface area contributed by atoms with Crippen LogP contribution in [-0.2, 0) is 16.0 Å². The van der Waals surface area contributed by atoms with Crippen LogP contribution in [0.15, 0.2) is 42.5 Å². The van der Waals surface area contributed by atoms with Crippen molar-refractivity contribution in [1.82, 2.24) is 4.90 Å². The third kappa shape index (κ3) is 4.63. The third-order valence-electron chi connectivity index (χ3n) is 4.79. The van der Waals surface area contributed by atoms with Gasteiger partial charge in [0.2, 0.25) is 11.8 Å². The summed E-state index contributed by atoms with van der Waals surface area (Å²) in [6, 6.07) is 12.8. The van der Waals surface area contributed by atoms with Crippen LogP contribution >= 0.6 is 11.8 Å². The van der Waals surface area contributed by atoms with Crippen LogP contribution in [0.4, 0.5) is 5.69 Å². The first-order chi connectivity index (χ1) is 13.0. The van der Waals surface area contributed by atoms with E-state index in [0.717, 1.165) is 22.6 Å². The number of ether oxygens (including phenoxy) is 1. The first-order valence-corrected chi connectivity index (χ1v) is 10.0. The van der Waals surface area contributed by atoms with Gasteiger partial charge < -0.3 is 15.0 Å². The van der Waals surface area contributed by atoms with E-state index in [9.17, 15) is 9.59 Å². The maximum Gasteiger partial charge on any atom is 0.248 e. The summed E-state index contributed by atoms with van der Waals surface area (Å²) in [5, 5.41) is 2.95. The molecule has 1 saturated heterocycles. The summed E-state index contributed by atoms with van der Waals surface area (Å²) >= 11 is 1.60. The van der Waals surface area contributed by atoms with Crippen molar-refractivity contribution in [2.24, 2.45) is 0 Å². The molecule has 1 N–H and O–H groups in total. The number of carbonyl (C=O) groups is 2. The fourth-order valence-electron chi connectivity index (χ4n) is 2.97. The number of carbonyl (C=O) groups excluding carboxylic acids is 2. The molecule has 0 bridgehead atoms. The Morgan fingerprint density at radius 1 is 1.15 bits per heavy atom. The van der Waals surface area contributed by atoms with Gasteiger partial charge in [0.05, 0.1) is 19.4 Å². The Kier molecular flexibility index (Phi) is 6.06. The van der Waals surface area contributed by atoms with Crippen LogP contribution in [-0.4, -0.2) is 41.5 Å². The Morgan fingerprint density at radius 3 is 2.56 bits per heavy atom. The zero-order valence-corrected chi connectivity index (χ0v) is 16.6. The summed E-state index contributed by atoms with van der Waals surface area (Å²) in [6.45, 7) is 4.05. The number of rotatable bonds is 5. The molecule has 2 amide bonds. The van der Waals surface area contributed by atoms with Gasteiger partial charge in [0.1, 0.15) is 11.8 Å². The lowest BCUT2D eigenvalue weighted by Crippen LogP contribution is -2.45. The lowest BCUT2D eigenvalue weighted by molar-refractivity contribution is -0.135. The standard InChI is InChI=1S/C21H24N2O3S/c1-14-4-7-17(10-15(14)2)22-21(25)19-12-27-13-23(19)20(24)11-16-5-8-18(26-3)9-6-16/h4-10,19H,11-13H2,1-3H3,(H,22,25). The summed E-state index contributed by atoms with van der Waals surface area (Å²) < 4.78 is 5.14. The van der Waals surface area contributed by atoms with Crippen molar-refractivity contribution in [1.29, 1.82) is 0 Å². The van der Waals surface area contributed by atoms with E-state index >= 15 is 0 Å². The van der Waals surface area contributed by atoms with Crippen molar-refractivity contribution in [2.45, 2.75) is 26.3 Å². The normalized spacial score (nSPS) is 16.3. The minimum atomic E-state index is -0.442. The zero-order valence-electron chi connectivity index (χ0n) is 15.8. The predicted molar refractivity (Wildman–Crippen MR) is 109 cm³/mol. The monoisotopic (exact) mass is 384 g/mol. The highest BCUT2D eigenvalue weighted by Crippen LogP contribution is 2.24. The van der Waals surface area contributed by atoms with Gasteiger partial charge in [-0.25, -0.2) is 0 Å². The molecule has 27 heavy (non-hydrogen) atoms. The molecule has 0 saturated carbocycles. The molecular weight excluding hydrogens is 360 g/mol. The summed E-state index contributed by atoms with van der Waals surface area (Å²) in [6.07, 6.45) is 0.276. The Labute approximate surface area is 164 Å². The number of nitrogens with zero attached hydrogens (tertiary/aromatic N) is 1. The molecule has 142 valence electrons. The first-order valence-electron chi connectivity index (χ1n) is 8.86. The first kappa shape index (κ1) is 19.3. The van der Waals surface area contributed by atoms with Crippen molar-refractivity contribution in [3.63, 3.8) is 0 Å². The van der Waals surface area contributed by atoms with Crippen molar-refractivity contribution in [3.8, 4) is 5.75 Å². The fraction of sp³-hybridized carbons (Fsp3) is 0.333. The Morgan fingerprint density at radius 2 is 1.89 bits per heavy atom. The number of nitrogens with one attached hydrogen (secondary N) is 1. The number of hydrogen-bond acceptors (Lipinski definition) is 4. The van der Waals surface area contributed by atoms with Crippen molar-refractivity contribution in [2.75, 3.05) is 24.1 Å². The van der Waals surface area contributed by atoms with Gasteiger partial charge in [-0.05, 0) is 54.8 Å². The Hall–Kier alpha value is -2.47. The van der Waals surface area contributed by atoms with Crippen LogP contribution in [0.5, 0.6) is 5.75 Å². The number of methoxy groups -OCH3 is 1. The third-order valence-corrected chi connectivity index (χ3v) is 5.81. The second-order valence-corrected chi connectivity index (χ2v) is 7.69. The van der Waals surface area contributed by atoms with E-state index in [1.165, 1.54) is 5.56 Å².